The smallest absolute Gasteiger partial charge is 0.256 e. The first-order valence-electron chi connectivity index (χ1n) is 9.69. The van der Waals surface area contributed by atoms with Gasteiger partial charge in [-0.2, -0.15) is 5.10 Å². The van der Waals surface area contributed by atoms with Crippen molar-refractivity contribution in [3.63, 3.8) is 0 Å². The molecule has 6 nitrogen and oxygen atoms in total. The van der Waals surface area contributed by atoms with Gasteiger partial charge in [0.05, 0.1) is 11.3 Å². The molecule has 1 aliphatic rings. The van der Waals surface area contributed by atoms with Gasteiger partial charge in [-0.05, 0) is 50.8 Å². The molecule has 0 spiro atoms. The highest BCUT2D eigenvalue weighted by Crippen LogP contribution is 2.17. The summed E-state index contributed by atoms with van der Waals surface area (Å²) in [5.74, 6) is -0.768. The van der Waals surface area contributed by atoms with E-state index >= 15 is 0 Å². The molecule has 2 amide bonds. The second-order valence-corrected chi connectivity index (χ2v) is 7.39. The highest BCUT2D eigenvalue weighted by molar-refractivity contribution is 5.94. The minimum Gasteiger partial charge on any atom is -0.353 e. The van der Waals surface area contributed by atoms with Crippen LogP contribution in [0.3, 0.4) is 0 Å². The first kappa shape index (κ1) is 20.0. The Labute approximate surface area is 164 Å². The number of hydrogen-bond acceptors (Lipinski definition) is 3. The van der Waals surface area contributed by atoms with E-state index < -0.39 is 5.82 Å². The number of likely N-dealkylation sites (tertiary alicyclic amines) is 1. The monoisotopic (exact) mass is 386 g/mol. The van der Waals surface area contributed by atoms with Crippen molar-refractivity contribution in [1.82, 2.24) is 20.0 Å². The van der Waals surface area contributed by atoms with E-state index in [1.807, 2.05) is 25.6 Å². The molecule has 0 unspecified atom stereocenters. The van der Waals surface area contributed by atoms with Crippen molar-refractivity contribution in [2.45, 2.75) is 45.6 Å². The van der Waals surface area contributed by atoms with Crippen LogP contribution < -0.4 is 5.32 Å². The van der Waals surface area contributed by atoms with Crippen molar-refractivity contribution in [3.05, 3.63) is 52.6 Å². The van der Waals surface area contributed by atoms with Crippen LogP contribution in [0.4, 0.5) is 4.39 Å². The fraction of sp³-hybridized carbons (Fsp3) is 0.476. The molecule has 0 radical (unpaired) electrons. The molecule has 0 saturated carbocycles. The zero-order valence-electron chi connectivity index (χ0n) is 16.7. The number of aryl methyl sites for hydroxylation is 2. The van der Waals surface area contributed by atoms with Gasteiger partial charge in [-0.15, -0.1) is 0 Å². The Morgan fingerprint density at radius 3 is 2.50 bits per heavy atom. The Morgan fingerprint density at radius 2 is 1.89 bits per heavy atom. The summed E-state index contributed by atoms with van der Waals surface area (Å²) in [6, 6.07) is 6.09. The number of piperidine rings is 1. The number of aromatic nitrogens is 2. The summed E-state index contributed by atoms with van der Waals surface area (Å²) < 4.78 is 15.7. The Morgan fingerprint density at radius 1 is 1.21 bits per heavy atom. The number of rotatable bonds is 5. The molecule has 2 heterocycles. The predicted molar refractivity (Wildman–Crippen MR) is 104 cm³/mol. The third-order valence-electron chi connectivity index (χ3n) is 5.51. The van der Waals surface area contributed by atoms with Crippen molar-refractivity contribution in [1.29, 1.82) is 0 Å². The van der Waals surface area contributed by atoms with E-state index in [1.165, 1.54) is 12.1 Å². The van der Waals surface area contributed by atoms with Gasteiger partial charge in [-0.1, -0.05) is 12.1 Å². The molecule has 0 bridgehead atoms. The SMILES string of the molecule is Cc1nn(C)c(C)c1CCC(=O)NC1CCN(C(=O)c2ccccc2F)CC1. The van der Waals surface area contributed by atoms with E-state index in [1.54, 1.807) is 17.0 Å². The number of carbonyl (C=O) groups is 2. The number of hydrogen-bond donors (Lipinski definition) is 1. The minimum absolute atomic E-state index is 0.0153. The maximum absolute atomic E-state index is 13.8. The van der Waals surface area contributed by atoms with Gasteiger partial charge >= 0.3 is 0 Å². The zero-order chi connectivity index (χ0) is 20.3. The molecule has 150 valence electrons. The van der Waals surface area contributed by atoms with Gasteiger partial charge in [0.15, 0.2) is 0 Å². The zero-order valence-corrected chi connectivity index (χ0v) is 16.7. The van der Waals surface area contributed by atoms with Gasteiger partial charge in [0.25, 0.3) is 5.91 Å². The topological polar surface area (TPSA) is 67.2 Å². The molecular weight excluding hydrogens is 359 g/mol. The van der Waals surface area contributed by atoms with E-state index in [9.17, 15) is 14.0 Å². The molecule has 1 N–H and O–H groups in total. The van der Waals surface area contributed by atoms with E-state index in [0.717, 1.165) is 17.0 Å². The van der Waals surface area contributed by atoms with Gasteiger partial charge in [0, 0.05) is 38.3 Å². The van der Waals surface area contributed by atoms with E-state index in [0.29, 0.717) is 38.8 Å². The molecule has 2 aromatic rings. The molecule has 7 heteroatoms. The van der Waals surface area contributed by atoms with Crippen LogP contribution in [0.5, 0.6) is 0 Å². The fourth-order valence-electron chi connectivity index (χ4n) is 3.75. The molecule has 0 aliphatic carbocycles. The normalized spacial score (nSPS) is 14.9. The van der Waals surface area contributed by atoms with Crippen molar-refractivity contribution in [2.24, 2.45) is 7.05 Å². The fourth-order valence-corrected chi connectivity index (χ4v) is 3.75. The third kappa shape index (κ3) is 4.40. The maximum atomic E-state index is 13.8. The second-order valence-electron chi connectivity index (χ2n) is 7.39. The van der Waals surface area contributed by atoms with Crippen LogP contribution in [0, 0.1) is 19.7 Å². The number of nitrogens with zero attached hydrogens (tertiary/aromatic N) is 3. The summed E-state index contributed by atoms with van der Waals surface area (Å²) in [6.45, 7) is 5.00. The average Bonchev–Trinajstić information content (AvgIpc) is 2.92. The lowest BCUT2D eigenvalue weighted by Crippen LogP contribution is -2.46. The van der Waals surface area contributed by atoms with Gasteiger partial charge in [0.1, 0.15) is 5.82 Å². The Bertz CT molecular complexity index is 869. The van der Waals surface area contributed by atoms with Crippen LogP contribution >= 0.6 is 0 Å². The molecule has 1 aliphatic heterocycles. The first-order chi connectivity index (χ1) is 13.4. The summed E-state index contributed by atoms with van der Waals surface area (Å²) in [6.07, 6.45) is 2.44. The summed E-state index contributed by atoms with van der Waals surface area (Å²) in [5, 5.41) is 7.45. The molecule has 1 saturated heterocycles. The Kier molecular flexibility index (Phi) is 6.11. The first-order valence-corrected chi connectivity index (χ1v) is 9.69. The summed E-state index contributed by atoms with van der Waals surface area (Å²) in [4.78, 5) is 26.4. The number of halogens is 1. The lowest BCUT2D eigenvalue weighted by Gasteiger charge is -2.32. The quantitative estimate of drug-likeness (QED) is 0.859. The average molecular weight is 386 g/mol. The molecule has 1 fully saturated rings. The van der Waals surface area contributed by atoms with Crippen LogP contribution in [0.15, 0.2) is 24.3 Å². The molecule has 28 heavy (non-hydrogen) atoms. The maximum Gasteiger partial charge on any atom is 0.256 e. The number of nitrogens with one attached hydrogen (secondary N) is 1. The van der Waals surface area contributed by atoms with Crippen LogP contribution in [-0.4, -0.2) is 45.6 Å². The largest absolute Gasteiger partial charge is 0.353 e. The highest BCUT2D eigenvalue weighted by Gasteiger charge is 2.26. The van der Waals surface area contributed by atoms with Crippen LogP contribution in [0.2, 0.25) is 0 Å². The summed E-state index contributed by atoms with van der Waals surface area (Å²) in [7, 11) is 1.91. The van der Waals surface area contributed by atoms with Crippen molar-refractivity contribution >= 4 is 11.8 Å². The predicted octanol–water partition coefficient (Wildman–Crippen LogP) is 2.53. The van der Waals surface area contributed by atoms with Gasteiger partial charge < -0.3 is 10.2 Å². The van der Waals surface area contributed by atoms with Crippen LogP contribution in [-0.2, 0) is 18.3 Å². The Balaban J connectivity index is 1.47. The third-order valence-corrected chi connectivity index (χ3v) is 5.51. The summed E-state index contributed by atoms with van der Waals surface area (Å²) >= 11 is 0. The Hall–Kier alpha value is -2.70. The van der Waals surface area contributed by atoms with E-state index in [4.69, 9.17) is 0 Å². The lowest BCUT2D eigenvalue weighted by atomic mass is 10.0. The van der Waals surface area contributed by atoms with Gasteiger partial charge in [-0.3, -0.25) is 14.3 Å². The second kappa shape index (κ2) is 8.54. The number of carbonyl (C=O) groups excluding carboxylic acids is 2. The standard InChI is InChI=1S/C21H27FN4O2/c1-14-17(15(2)25(3)24-14)8-9-20(27)23-16-10-12-26(13-11-16)21(28)18-6-4-5-7-19(18)22/h4-7,16H,8-13H2,1-3H3,(H,23,27). The van der Waals surface area contributed by atoms with Crippen LogP contribution in [0.25, 0.3) is 0 Å². The van der Waals surface area contributed by atoms with Crippen LogP contribution in [0.1, 0.15) is 46.6 Å². The molecular formula is C21H27FN4O2. The number of benzene rings is 1. The molecule has 1 aromatic heterocycles. The summed E-state index contributed by atoms with van der Waals surface area (Å²) in [5.41, 5.74) is 3.29. The van der Waals surface area contributed by atoms with Gasteiger partial charge in [0.2, 0.25) is 5.91 Å². The number of amides is 2. The lowest BCUT2D eigenvalue weighted by molar-refractivity contribution is -0.122. The molecule has 3 rings (SSSR count). The highest BCUT2D eigenvalue weighted by atomic mass is 19.1. The van der Waals surface area contributed by atoms with Crippen molar-refractivity contribution in [2.75, 3.05) is 13.1 Å². The molecule has 1 aromatic carbocycles. The van der Waals surface area contributed by atoms with E-state index in [2.05, 4.69) is 10.4 Å². The van der Waals surface area contributed by atoms with E-state index in [-0.39, 0.29) is 23.4 Å². The molecule has 0 atom stereocenters. The minimum atomic E-state index is -0.496. The van der Waals surface area contributed by atoms with Gasteiger partial charge in [-0.25, -0.2) is 4.39 Å². The van der Waals surface area contributed by atoms with Crippen molar-refractivity contribution < 1.29 is 14.0 Å². The van der Waals surface area contributed by atoms with Crippen molar-refractivity contribution in [3.8, 4) is 0 Å².